The lowest BCUT2D eigenvalue weighted by atomic mass is 10.2. The normalized spacial score (nSPS) is 12.3. The minimum atomic E-state index is -0.321. The lowest BCUT2D eigenvalue weighted by molar-refractivity contribution is -0.118. The summed E-state index contributed by atoms with van der Waals surface area (Å²) < 4.78 is 1.89. The van der Waals surface area contributed by atoms with Gasteiger partial charge in [-0.25, -0.2) is 4.98 Å². The zero-order chi connectivity index (χ0) is 14.8. The Balaban J connectivity index is 1.82. The second-order valence-electron chi connectivity index (χ2n) is 5.17. The van der Waals surface area contributed by atoms with Crippen molar-refractivity contribution in [2.24, 2.45) is 0 Å². The maximum absolute atomic E-state index is 12.4. The summed E-state index contributed by atoms with van der Waals surface area (Å²) >= 11 is 0. The molecule has 0 saturated heterocycles. The molecule has 0 aliphatic heterocycles. The molecular formula is C17H17N3O. The van der Waals surface area contributed by atoms with Gasteiger partial charge in [-0.3, -0.25) is 4.79 Å². The third-order valence-electron chi connectivity index (χ3n) is 3.60. The number of nitrogens with zero attached hydrogens (tertiary/aromatic N) is 2. The molecule has 3 aromatic rings. The number of carbonyl (C=O) groups excluding carboxylic acids is 1. The Hall–Kier alpha value is -2.62. The molecule has 21 heavy (non-hydrogen) atoms. The number of imidazole rings is 1. The Labute approximate surface area is 123 Å². The van der Waals surface area contributed by atoms with Crippen LogP contribution in [0.25, 0.3) is 11.0 Å². The molecule has 1 aromatic heterocycles. The average Bonchev–Trinajstić information content (AvgIpc) is 2.92. The van der Waals surface area contributed by atoms with Gasteiger partial charge in [0.25, 0.3) is 0 Å². The predicted molar refractivity (Wildman–Crippen MR) is 84.3 cm³/mol. The smallest absolute Gasteiger partial charge is 0.247 e. The molecule has 1 amide bonds. The van der Waals surface area contributed by atoms with Gasteiger partial charge < -0.3 is 9.88 Å². The Kier molecular flexibility index (Phi) is 3.44. The van der Waals surface area contributed by atoms with Gasteiger partial charge in [-0.05, 0) is 38.1 Å². The molecule has 0 fully saturated rings. The van der Waals surface area contributed by atoms with Crippen molar-refractivity contribution in [2.75, 3.05) is 5.32 Å². The van der Waals surface area contributed by atoms with E-state index in [4.69, 9.17) is 0 Å². The van der Waals surface area contributed by atoms with Crippen molar-refractivity contribution in [1.29, 1.82) is 0 Å². The minimum Gasteiger partial charge on any atom is -0.324 e. The van der Waals surface area contributed by atoms with Crippen LogP contribution < -0.4 is 5.32 Å². The van der Waals surface area contributed by atoms with Crippen molar-refractivity contribution in [3.05, 3.63) is 60.4 Å². The van der Waals surface area contributed by atoms with Gasteiger partial charge in [-0.1, -0.05) is 29.8 Å². The van der Waals surface area contributed by atoms with E-state index in [0.29, 0.717) is 0 Å². The first kappa shape index (κ1) is 13.4. The highest BCUT2D eigenvalue weighted by molar-refractivity contribution is 5.94. The maximum atomic E-state index is 12.4. The number of aryl methyl sites for hydroxylation is 1. The number of anilines is 1. The first-order valence-electron chi connectivity index (χ1n) is 6.94. The van der Waals surface area contributed by atoms with Crippen LogP contribution in [0.5, 0.6) is 0 Å². The SMILES string of the molecule is Cc1ccc(NC(=O)C(C)n2cnc3ccccc32)cc1. The number of hydrogen-bond acceptors (Lipinski definition) is 2. The van der Waals surface area contributed by atoms with Crippen LogP contribution >= 0.6 is 0 Å². The Morgan fingerprint density at radius 3 is 2.62 bits per heavy atom. The van der Waals surface area contributed by atoms with Gasteiger partial charge in [-0.2, -0.15) is 0 Å². The monoisotopic (exact) mass is 279 g/mol. The topological polar surface area (TPSA) is 46.9 Å². The zero-order valence-electron chi connectivity index (χ0n) is 12.1. The molecule has 0 radical (unpaired) electrons. The summed E-state index contributed by atoms with van der Waals surface area (Å²) in [5, 5.41) is 2.93. The Morgan fingerprint density at radius 2 is 1.86 bits per heavy atom. The van der Waals surface area contributed by atoms with Crippen LogP contribution in [0.15, 0.2) is 54.9 Å². The van der Waals surface area contributed by atoms with E-state index in [0.717, 1.165) is 16.7 Å². The van der Waals surface area contributed by atoms with Crippen molar-refractivity contribution in [1.82, 2.24) is 9.55 Å². The van der Waals surface area contributed by atoms with Crippen LogP contribution in [0.3, 0.4) is 0 Å². The quantitative estimate of drug-likeness (QED) is 0.797. The molecule has 3 rings (SSSR count). The molecule has 1 heterocycles. The van der Waals surface area contributed by atoms with Gasteiger partial charge in [0.2, 0.25) is 5.91 Å². The number of amides is 1. The zero-order valence-corrected chi connectivity index (χ0v) is 12.1. The molecule has 0 aliphatic rings. The van der Waals surface area contributed by atoms with E-state index in [1.54, 1.807) is 6.33 Å². The molecule has 106 valence electrons. The van der Waals surface area contributed by atoms with E-state index in [-0.39, 0.29) is 11.9 Å². The lowest BCUT2D eigenvalue weighted by Crippen LogP contribution is -2.23. The van der Waals surface area contributed by atoms with E-state index >= 15 is 0 Å². The number of rotatable bonds is 3. The maximum Gasteiger partial charge on any atom is 0.247 e. The number of carbonyl (C=O) groups is 1. The minimum absolute atomic E-state index is 0.0537. The number of para-hydroxylation sites is 2. The molecule has 0 spiro atoms. The average molecular weight is 279 g/mol. The summed E-state index contributed by atoms with van der Waals surface area (Å²) in [4.78, 5) is 16.7. The molecule has 4 heteroatoms. The molecule has 1 unspecified atom stereocenters. The highest BCUT2D eigenvalue weighted by Gasteiger charge is 2.17. The van der Waals surface area contributed by atoms with E-state index in [1.807, 2.05) is 66.9 Å². The number of benzene rings is 2. The van der Waals surface area contributed by atoms with E-state index < -0.39 is 0 Å². The van der Waals surface area contributed by atoms with E-state index in [1.165, 1.54) is 5.56 Å². The Bertz CT molecular complexity index is 774. The summed E-state index contributed by atoms with van der Waals surface area (Å²) in [6.07, 6.45) is 1.71. The first-order valence-corrected chi connectivity index (χ1v) is 6.94. The van der Waals surface area contributed by atoms with Crippen LogP contribution in [-0.2, 0) is 4.79 Å². The summed E-state index contributed by atoms with van der Waals surface area (Å²) in [5.41, 5.74) is 3.83. The van der Waals surface area contributed by atoms with Crippen LogP contribution in [-0.4, -0.2) is 15.5 Å². The van der Waals surface area contributed by atoms with Gasteiger partial charge in [0, 0.05) is 5.69 Å². The lowest BCUT2D eigenvalue weighted by Gasteiger charge is -2.14. The summed E-state index contributed by atoms with van der Waals surface area (Å²) in [7, 11) is 0. The largest absolute Gasteiger partial charge is 0.324 e. The van der Waals surface area contributed by atoms with Crippen molar-refractivity contribution in [3.63, 3.8) is 0 Å². The van der Waals surface area contributed by atoms with Crippen molar-refractivity contribution >= 4 is 22.6 Å². The highest BCUT2D eigenvalue weighted by atomic mass is 16.2. The molecule has 1 N–H and O–H groups in total. The van der Waals surface area contributed by atoms with Crippen LogP contribution in [0.1, 0.15) is 18.5 Å². The molecule has 0 aliphatic carbocycles. The van der Waals surface area contributed by atoms with Gasteiger partial charge in [0.15, 0.2) is 0 Å². The molecule has 0 saturated carbocycles. The van der Waals surface area contributed by atoms with Gasteiger partial charge in [0.1, 0.15) is 6.04 Å². The van der Waals surface area contributed by atoms with Gasteiger partial charge >= 0.3 is 0 Å². The van der Waals surface area contributed by atoms with E-state index in [2.05, 4.69) is 10.3 Å². The van der Waals surface area contributed by atoms with Crippen LogP contribution in [0.4, 0.5) is 5.69 Å². The third-order valence-corrected chi connectivity index (χ3v) is 3.60. The fourth-order valence-electron chi connectivity index (χ4n) is 2.30. The predicted octanol–water partition coefficient (Wildman–Crippen LogP) is 3.54. The summed E-state index contributed by atoms with van der Waals surface area (Å²) in [6, 6.07) is 15.3. The van der Waals surface area contributed by atoms with Gasteiger partial charge in [0.05, 0.1) is 17.4 Å². The third kappa shape index (κ3) is 2.65. The second kappa shape index (κ2) is 5.40. The van der Waals surface area contributed by atoms with Crippen molar-refractivity contribution in [3.8, 4) is 0 Å². The second-order valence-corrected chi connectivity index (χ2v) is 5.17. The fraction of sp³-hybridized carbons (Fsp3) is 0.176. The Morgan fingerprint density at radius 1 is 1.14 bits per heavy atom. The number of aromatic nitrogens is 2. The van der Waals surface area contributed by atoms with Crippen LogP contribution in [0, 0.1) is 6.92 Å². The summed E-state index contributed by atoms with van der Waals surface area (Å²) in [5.74, 6) is -0.0537. The summed E-state index contributed by atoms with van der Waals surface area (Å²) in [6.45, 7) is 3.89. The fourth-order valence-corrected chi connectivity index (χ4v) is 2.30. The van der Waals surface area contributed by atoms with E-state index in [9.17, 15) is 4.79 Å². The molecule has 4 nitrogen and oxygen atoms in total. The molecule has 1 atom stereocenters. The van der Waals surface area contributed by atoms with Crippen molar-refractivity contribution < 1.29 is 4.79 Å². The number of nitrogens with one attached hydrogen (secondary N) is 1. The molecular weight excluding hydrogens is 262 g/mol. The first-order chi connectivity index (χ1) is 10.1. The number of hydrogen-bond donors (Lipinski definition) is 1. The molecule has 0 bridgehead atoms. The standard InChI is InChI=1S/C17H17N3O/c1-12-7-9-14(10-8-12)19-17(21)13(2)20-11-18-15-5-3-4-6-16(15)20/h3-11,13H,1-2H3,(H,19,21). The van der Waals surface area contributed by atoms with Gasteiger partial charge in [-0.15, -0.1) is 0 Å². The van der Waals surface area contributed by atoms with Crippen LogP contribution in [0.2, 0.25) is 0 Å². The number of fused-ring (bicyclic) bond motifs is 1. The highest BCUT2D eigenvalue weighted by Crippen LogP contribution is 2.19. The van der Waals surface area contributed by atoms with Crippen molar-refractivity contribution in [2.45, 2.75) is 19.9 Å². The molecule has 2 aromatic carbocycles.